The van der Waals surface area contributed by atoms with Crippen molar-refractivity contribution in [3.63, 3.8) is 0 Å². The summed E-state index contributed by atoms with van der Waals surface area (Å²) in [5.41, 5.74) is 5.30. The van der Waals surface area contributed by atoms with Gasteiger partial charge in [-0.05, 0) is 13.0 Å². The Kier molecular flexibility index (Phi) is 9.82. The fraction of sp³-hybridized carbons (Fsp3) is 1.00. The van der Waals surface area contributed by atoms with Gasteiger partial charge in [0.25, 0.3) is 0 Å². The summed E-state index contributed by atoms with van der Waals surface area (Å²) in [5.74, 6) is 0. The number of hydrogen-bond donors (Lipinski definition) is 1. The van der Waals surface area contributed by atoms with Crippen molar-refractivity contribution < 1.29 is 5.48 Å². The van der Waals surface area contributed by atoms with Crippen LogP contribution in [-0.2, 0) is 0 Å². The molecule has 52 valence electrons. The lowest BCUT2D eigenvalue weighted by Gasteiger charge is -1.97. The highest BCUT2D eigenvalue weighted by molar-refractivity contribution is 6.55. The standard InChI is InChI=1S/C5H15NSi.H2O/c1-7(2)5-3-4-6;/h7H,3-6H2,1-2H3;1H2. The van der Waals surface area contributed by atoms with Crippen LogP contribution >= 0.6 is 0 Å². The first-order valence-electron chi connectivity index (χ1n) is 2.97. The van der Waals surface area contributed by atoms with Crippen LogP contribution in [0.2, 0.25) is 19.1 Å². The van der Waals surface area contributed by atoms with E-state index >= 15 is 0 Å². The van der Waals surface area contributed by atoms with E-state index in [-0.39, 0.29) is 14.3 Å². The van der Waals surface area contributed by atoms with Crippen molar-refractivity contribution in [3.8, 4) is 0 Å². The lowest BCUT2D eigenvalue weighted by molar-refractivity contribution is 0.824. The molecular formula is C5H17NOSi. The molecule has 0 aliphatic rings. The van der Waals surface area contributed by atoms with E-state index in [1.165, 1.54) is 12.5 Å². The van der Waals surface area contributed by atoms with Gasteiger partial charge in [-0.2, -0.15) is 0 Å². The third kappa shape index (κ3) is 9.46. The smallest absolute Gasteiger partial charge is 0.0306 e. The average molecular weight is 135 g/mol. The first-order valence-corrected chi connectivity index (χ1v) is 6.10. The maximum Gasteiger partial charge on any atom is 0.0306 e. The fourth-order valence-corrected chi connectivity index (χ4v) is 1.58. The molecule has 4 N–H and O–H groups in total. The molecule has 0 aliphatic carbocycles. The van der Waals surface area contributed by atoms with Gasteiger partial charge in [-0.3, -0.25) is 0 Å². The molecule has 0 amide bonds. The second-order valence-electron chi connectivity index (χ2n) is 2.32. The van der Waals surface area contributed by atoms with Crippen molar-refractivity contribution in [1.82, 2.24) is 0 Å². The third-order valence-electron chi connectivity index (χ3n) is 0.986. The molecule has 0 aromatic heterocycles. The van der Waals surface area contributed by atoms with Gasteiger partial charge in [0.2, 0.25) is 0 Å². The van der Waals surface area contributed by atoms with Crippen LogP contribution in [0.1, 0.15) is 6.42 Å². The molecule has 0 rings (SSSR count). The Hall–Kier alpha value is 0.137. The van der Waals surface area contributed by atoms with Gasteiger partial charge in [-0.1, -0.05) is 19.1 Å². The lowest BCUT2D eigenvalue weighted by Crippen LogP contribution is -2.04. The van der Waals surface area contributed by atoms with Gasteiger partial charge in [0.15, 0.2) is 0 Å². The predicted octanol–water partition coefficient (Wildman–Crippen LogP) is -0.00280. The molecule has 0 aromatic carbocycles. The molecule has 0 fully saturated rings. The Morgan fingerprint density at radius 1 is 1.38 bits per heavy atom. The minimum Gasteiger partial charge on any atom is -0.412 e. The molecule has 3 heteroatoms. The summed E-state index contributed by atoms with van der Waals surface area (Å²) in [5, 5.41) is 0. The van der Waals surface area contributed by atoms with Crippen LogP contribution in [0.4, 0.5) is 0 Å². The van der Waals surface area contributed by atoms with Crippen molar-refractivity contribution in [2.24, 2.45) is 5.73 Å². The summed E-state index contributed by atoms with van der Waals surface area (Å²) in [6.07, 6.45) is 1.24. The Balaban J connectivity index is 0. The van der Waals surface area contributed by atoms with E-state index in [4.69, 9.17) is 5.73 Å². The van der Waals surface area contributed by atoms with Gasteiger partial charge in [0, 0.05) is 8.80 Å². The maximum atomic E-state index is 5.30. The van der Waals surface area contributed by atoms with Crippen LogP contribution in [0.5, 0.6) is 0 Å². The third-order valence-corrected chi connectivity index (χ3v) is 2.55. The zero-order valence-corrected chi connectivity index (χ0v) is 6.93. The Labute approximate surface area is 53.0 Å². The Morgan fingerprint density at radius 2 is 1.88 bits per heavy atom. The fourth-order valence-electron chi connectivity index (χ4n) is 0.526. The first-order chi connectivity index (χ1) is 3.27. The van der Waals surface area contributed by atoms with E-state index < -0.39 is 0 Å². The predicted molar refractivity (Wildman–Crippen MR) is 41.0 cm³/mol. The van der Waals surface area contributed by atoms with Crippen molar-refractivity contribution in [1.29, 1.82) is 0 Å². The summed E-state index contributed by atoms with van der Waals surface area (Å²) in [6, 6.07) is 1.41. The molecule has 2 nitrogen and oxygen atoms in total. The molecule has 0 heterocycles. The lowest BCUT2D eigenvalue weighted by atomic mass is 10.5. The molecule has 8 heavy (non-hydrogen) atoms. The molecule has 0 saturated heterocycles. The highest BCUT2D eigenvalue weighted by Gasteiger charge is 1.90. The Morgan fingerprint density at radius 3 is 2.00 bits per heavy atom. The molecule has 0 atom stereocenters. The SMILES string of the molecule is C[SiH](C)CCCN.O. The minimum absolute atomic E-state index is 0. The minimum atomic E-state index is -0.268. The number of nitrogens with two attached hydrogens (primary N) is 1. The van der Waals surface area contributed by atoms with E-state index in [0.717, 1.165) is 6.54 Å². The van der Waals surface area contributed by atoms with Gasteiger partial charge >= 0.3 is 0 Å². The van der Waals surface area contributed by atoms with E-state index in [2.05, 4.69) is 13.1 Å². The molecule has 0 aliphatic heterocycles. The average Bonchev–Trinajstić information content (AvgIpc) is 1.61. The summed E-state index contributed by atoms with van der Waals surface area (Å²) in [6.45, 7) is 5.59. The number of rotatable bonds is 3. The van der Waals surface area contributed by atoms with Crippen LogP contribution in [0.25, 0.3) is 0 Å². The zero-order valence-electron chi connectivity index (χ0n) is 5.78. The summed E-state index contributed by atoms with van der Waals surface area (Å²) >= 11 is 0. The summed E-state index contributed by atoms with van der Waals surface area (Å²) < 4.78 is 0. The second kappa shape index (κ2) is 7.14. The molecule has 0 saturated carbocycles. The largest absolute Gasteiger partial charge is 0.412 e. The molecule has 0 spiro atoms. The van der Waals surface area contributed by atoms with Crippen LogP contribution in [0.3, 0.4) is 0 Å². The van der Waals surface area contributed by atoms with Crippen LogP contribution in [-0.4, -0.2) is 20.8 Å². The van der Waals surface area contributed by atoms with Crippen molar-refractivity contribution >= 4 is 8.80 Å². The monoisotopic (exact) mass is 135 g/mol. The highest BCUT2D eigenvalue weighted by Crippen LogP contribution is 1.92. The van der Waals surface area contributed by atoms with Crippen LogP contribution < -0.4 is 5.73 Å². The van der Waals surface area contributed by atoms with Crippen molar-refractivity contribution in [2.45, 2.75) is 25.6 Å². The summed E-state index contributed by atoms with van der Waals surface area (Å²) in [4.78, 5) is 0. The zero-order chi connectivity index (χ0) is 5.70. The van der Waals surface area contributed by atoms with Crippen LogP contribution in [0.15, 0.2) is 0 Å². The van der Waals surface area contributed by atoms with Gasteiger partial charge in [-0.15, -0.1) is 0 Å². The second-order valence-corrected chi connectivity index (χ2v) is 5.69. The molecule has 0 aromatic rings. The van der Waals surface area contributed by atoms with Gasteiger partial charge in [0.05, 0.1) is 0 Å². The molecular weight excluding hydrogens is 118 g/mol. The Bertz CT molecular complexity index is 41.4. The van der Waals surface area contributed by atoms with Gasteiger partial charge in [0.1, 0.15) is 0 Å². The van der Waals surface area contributed by atoms with E-state index in [1.54, 1.807) is 0 Å². The normalized spacial score (nSPS) is 9.00. The van der Waals surface area contributed by atoms with Crippen LogP contribution in [0, 0.1) is 0 Å². The number of hydrogen-bond acceptors (Lipinski definition) is 1. The first kappa shape index (κ1) is 11.0. The molecule has 0 unspecified atom stereocenters. The van der Waals surface area contributed by atoms with E-state index in [9.17, 15) is 0 Å². The van der Waals surface area contributed by atoms with Crippen molar-refractivity contribution in [2.75, 3.05) is 6.54 Å². The quantitative estimate of drug-likeness (QED) is 0.544. The van der Waals surface area contributed by atoms with Crippen molar-refractivity contribution in [3.05, 3.63) is 0 Å². The highest BCUT2D eigenvalue weighted by atomic mass is 28.3. The van der Waals surface area contributed by atoms with E-state index in [0.29, 0.717) is 0 Å². The molecule has 0 bridgehead atoms. The summed E-state index contributed by atoms with van der Waals surface area (Å²) in [7, 11) is -0.268. The van der Waals surface area contributed by atoms with Gasteiger partial charge < -0.3 is 11.2 Å². The van der Waals surface area contributed by atoms with Gasteiger partial charge in [-0.25, -0.2) is 0 Å². The molecule has 0 radical (unpaired) electrons. The maximum absolute atomic E-state index is 5.30. The topological polar surface area (TPSA) is 57.5 Å². The van der Waals surface area contributed by atoms with E-state index in [1.807, 2.05) is 0 Å².